The van der Waals surface area contributed by atoms with Crippen LogP contribution < -0.4 is 9.80 Å². The molecule has 1 aromatic rings. The Hall–Kier alpha value is -2.94. The van der Waals surface area contributed by atoms with Gasteiger partial charge >= 0.3 is 0 Å². The Morgan fingerprint density at radius 3 is 1.42 bits per heavy atom. The summed E-state index contributed by atoms with van der Waals surface area (Å²) in [4.78, 5) is 3.99. The van der Waals surface area contributed by atoms with Gasteiger partial charge in [-0.2, -0.15) is 0 Å². The van der Waals surface area contributed by atoms with Crippen LogP contribution in [0, 0.1) is 55.3 Å². The maximum Gasteiger partial charge on any atom is 0.0801 e. The molecular formula is C22H24N2. The van der Waals surface area contributed by atoms with E-state index in [2.05, 4.69) is 49.7 Å². The number of terminal acetylenes is 4. The lowest BCUT2D eigenvalue weighted by Crippen LogP contribution is -2.26. The first-order valence-electron chi connectivity index (χ1n) is 7.93. The molecule has 1 rings (SSSR count). The zero-order chi connectivity index (χ0) is 17.9. The Morgan fingerprint density at radius 1 is 0.750 bits per heavy atom. The molecule has 0 aromatic heterocycles. The molecule has 0 atom stereocenters. The van der Waals surface area contributed by atoms with Crippen molar-refractivity contribution in [3.05, 3.63) is 23.8 Å². The molecule has 0 heterocycles. The number of rotatable bonds is 8. The normalized spacial score (nSPS) is 9.46. The molecule has 24 heavy (non-hydrogen) atoms. The highest BCUT2D eigenvalue weighted by Gasteiger charge is 2.12. The molecule has 0 radical (unpaired) electrons. The third-order valence-corrected chi connectivity index (χ3v) is 3.47. The number of hydrogen-bond acceptors (Lipinski definition) is 2. The molecule has 0 fully saturated rings. The van der Waals surface area contributed by atoms with Gasteiger partial charge < -0.3 is 9.80 Å². The van der Waals surface area contributed by atoms with E-state index >= 15 is 0 Å². The summed E-state index contributed by atoms with van der Waals surface area (Å²) in [5.41, 5.74) is 3.21. The van der Waals surface area contributed by atoms with Crippen molar-refractivity contribution in [3.63, 3.8) is 0 Å². The van der Waals surface area contributed by atoms with Crippen LogP contribution in [0.3, 0.4) is 0 Å². The fourth-order valence-electron chi connectivity index (χ4n) is 2.53. The van der Waals surface area contributed by atoms with Crippen LogP contribution in [0.5, 0.6) is 0 Å². The third-order valence-electron chi connectivity index (χ3n) is 3.47. The molecule has 122 valence electrons. The first-order chi connectivity index (χ1) is 11.5. The Kier molecular flexibility index (Phi) is 7.92. The second kappa shape index (κ2) is 9.95. The predicted molar refractivity (Wildman–Crippen MR) is 105 cm³/mol. The van der Waals surface area contributed by atoms with E-state index < -0.39 is 0 Å². The van der Waals surface area contributed by atoms with Gasteiger partial charge in [0, 0.05) is 11.4 Å². The highest BCUT2D eigenvalue weighted by molar-refractivity contribution is 5.63. The number of benzene rings is 1. The molecular weight excluding hydrogens is 292 g/mol. The standard InChI is InChI=1S/C22H24N2/c1-7-11-23(12-8-2)21-16-20(15-19(5)6)17-22(18-21)24(13-9-3)14-10-4/h1-4,16-19H,11-15H2,5-6H3. The van der Waals surface area contributed by atoms with Crippen LogP contribution in [0.4, 0.5) is 11.4 Å². The van der Waals surface area contributed by atoms with Crippen LogP contribution in [0.15, 0.2) is 18.2 Å². The van der Waals surface area contributed by atoms with Crippen molar-refractivity contribution in [2.24, 2.45) is 5.92 Å². The monoisotopic (exact) mass is 316 g/mol. The topological polar surface area (TPSA) is 6.48 Å². The van der Waals surface area contributed by atoms with Gasteiger partial charge in [0.05, 0.1) is 26.2 Å². The Morgan fingerprint density at radius 2 is 1.12 bits per heavy atom. The summed E-state index contributed by atoms with van der Waals surface area (Å²) in [6.07, 6.45) is 22.9. The first kappa shape index (κ1) is 19.1. The second-order valence-corrected chi connectivity index (χ2v) is 5.98. The Balaban J connectivity index is 3.35. The molecule has 0 aliphatic rings. The summed E-state index contributed by atoms with van der Waals surface area (Å²) >= 11 is 0. The minimum atomic E-state index is 0.457. The minimum Gasteiger partial charge on any atom is -0.349 e. The Labute approximate surface area is 147 Å². The first-order valence-corrected chi connectivity index (χ1v) is 7.93. The van der Waals surface area contributed by atoms with Gasteiger partial charge in [-0.25, -0.2) is 0 Å². The van der Waals surface area contributed by atoms with E-state index in [1.54, 1.807) is 0 Å². The van der Waals surface area contributed by atoms with Gasteiger partial charge in [-0.15, -0.1) is 25.7 Å². The van der Waals surface area contributed by atoms with E-state index in [9.17, 15) is 0 Å². The van der Waals surface area contributed by atoms with Gasteiger partial charge in [-0.3, -0.25) is 0 Å². The molecule has 0 aliphatic heterocycles. The van der Waals surface area contributed by atoms with E-state index in [0.717, 1.165) is 17.8 Å². The van der Waals surface area contributed by atoms with Crippen molar-refractivity contribution in [1.82, 2.24) is 0 Å². The molecule has 0 N–H and O–H groups in total. The summed E-state index contributed by atoms with van der Waals surface area (Å²) in [6, 6.07) is 6.33. The highest BCUT2D eigenvalue weighted by atomic mass is 15.1. The van der Waals surface area contributed by atoms with Gasteiger partial charge in [0.2, 0.25) is 0 Å². The predicted octanol–water partition coefficient (Wildman–Crippen LogP) is 3.03. The number of hydrogen-bond donors (Lipinski definition) is 0. The van der Waals surface area contributed by atoms with E-state index in [0.29, 0.717) is 32.1 Å². The average molecular weight is 316 g/mol. The van der Waals surface area contributed by atoms with E-state index in [4.69, 9.17) is 25.7 Å². The summed E-state index contributed by atoms with van der Waals surface area (Å²) < 4.78 is 0. The van der Waals surface area contributed by atoms with Gasteiger partial charge in [0.25, 0.3) is 0 Å². The molecule has 1 aromatic carbocycles. The van der Waals surface area contributed by atoms with E-state index in [1.807, 2.05) is 15.9 Å². The lowest BCUT2D eigenvalue weighted by molar-refractivity contribution is 0.647. The van der Waals surface area contributed by atoms with Gasteiger partial charge in [0.1, 0.15) is 0 Å². The van der Waals surface area contributed by atoms with Crippen LogP contribution in [0.25, 0.3) is 0 Å². The zero-order valence-corrected chi connectivity index (χ0v) is 14.5. The molecule has 0 bridgehead atoms. The van der Waals surface area contributed by atoms with Crippen LogP contribution in [-0.4, -0.2) is 26.2 Å². The smallest absolute Gasteiger partial charge is 0.0801 e. The molecule has 0 amide bonds. The second-order valence-electron chi connectivity index (χ2n) is 5.98. The summed E-state index contributed by atoms with van der Waals surface area (Å²) in [5.74, 6) is 11.2. The van der Waals surface area contributed by atoms with E-state index in [-0.39, 0.29) is 0 Å². The van der Waals surface area contributed by atoms with Gasteiger partial charge in [0.15, 0.2) is 0 Å². The molecule has 0 unspecified atom stereocenters. The van der Waals surface area contributed by atoms with Crippen molar-refractivity contribution >= 4 is 11.4 Å². The van der Waals surface area contributed by atoms with E-state index in [1.165, 1.54) is 5.56 Å². The quantitative estimate of drug-likeness (QED) is 0.680. The van der Waals surface area contributed by atoms with Gasteiger partial charge in [-0.05, 0) is 36.1 Å². The maximum atomic E-state index is 5.49. The van der Waals surface area contributed by atoms with Crippen LogP contribution in [-0.2, 0) is 6.42 Å². The van der Waals surface area contributed by atoms with Crippen molar-refractivity contribution in [3.8, 4) is 49.4 Å². The fraction of sp³-hybridized carbons (Fsp3) is 0.364. The number of nitrogens with zero attached hydrogens (tertiary/aromatic N) is 2. The average Bonchev–Trinajstić information content (AvgIpc) is 2.53. The van der Waals surface area contributed by atoms with Crippen molar-refractivity contribution < 1.29 is 0 Å². The molecule has 0 aliphatic carbocycles. The third kappa shape index (κ3) is 5.69. The van der Waals surface area contributed by atoms with Crippen LogP contribution >= 0.6 is 0 Å². The van der Waals surface area contributed by atoms with Gasteiger partial charge in [-0.1, -0.05) is 37.5 Å². The maximum absolute atomic E-state index is 5.49. The molecule has 0 spiro atoms. The highest BCUT2D eigenvalue weighted by Crippen LogP contribution is 2.26. The van der Waals surface area contributed by atoms with Crippen molar-refractivity contribution in [1.29, 1.82) is 0 Å². The summed E-state index contributed by atoms with van der Waals surface area (Å²) in [7, 11) is 0. The lowest BCUT2D eigenvalue weighted by Gasteiger charge is -2.26. The van der Waals surface area contributed by atoms with Crippen LogP contribution in [0.1, 0.15) is 19.4 Å². The SMILES string of the molecule is C#CCN(CC#C)c1cc(CC(C)C)cc(N(CC#C)CC#C)c1. The molecule has 0 saturated heterocycles. The van der Waals surface area contributed by atoms with Crippen LogP contribution in [0.2, 0.25) is 0 Å². The van der Waals surface area contributed by atoms with Crippen molar-refractivity contribution in [2.45, 2.75) is 20.3 Å². The molecule has 2 nitrogen and oxygen atoms in total. The lowest BCUT2D eigenvalue weighted by atomic mass is 10.0. The summed E-state index contributed by atoms with van der Waals surface area (Å²) in [6.45, 7) is 6.21. The zero-order valence-electron chi connectivity index (χ0n) is 14.5. The summed E-state index contributed by atoms with van der Waals surface area (Å²) in [5, 5.41) is 0. The number of anilines is 2. The largest absolute Gasteiger partial charge is 0.349 e. The fourth-order valence-corrected chi connectivity index (χ4v) is 2.53. The minimum absolute atomic E-state index is 0.457. The Bertz CT molecular complexity index is 615. The van der Waals surface area contributed by atoms with Crippen molar-refractivity contribution in [2.75, 3.05) is 36.0 Å². The molecule has 2 heteroatoms. The molecule has 0 saturated carbocycles.